The monoisotopic (exact) mass is 438 g/mol. The third kappa shape index (κ3) is 3.95. The van der Waals surface area contributed by atoms with Crippen molar-refractivity contribution >= 4 is 5.84 Å². The molecule has 0 radical (unpaired) electrons. The van der Waals surface area contributed by atoms with Crippen LogP contribution in [-0.2, 0) is 13.1 Å². The molecular weight excluding hydrogens is 422 g/mol. The maximum absolute atomic E-state index is 14.3. The molecule has 13 heteroatoms. The SMILES string of the molecule is FC1=CNC(c2cc(-c3ccon3)n(Cc3ccccc3F)n2)N=C1NCc1nn[nH]n1. The number of nitrogens with zero attached hydrogens (tertiary/aromatic N) is 7. The Morgan fingerprint density at radius 1 is 1.19 bits per heavy atom. The first-order chi connectivity index (χ1) is 15.7. The van der Waals surface area contributed by atoms with E-state index in [9.17, 15) is 8.78 Å². The van der Waals surface area contributed by atoms with Crippen LogP contribution in [0.1, 0.15) is 23.2 Å². The molecule has 1 unspecified atom stereocenters. The zero-order valence-corrected chi connectivity index (χ0v) is 16.4. The fraction of sp³-hybridized carbons (Fsp3) is 0.158. The first kappa shape index (κ1) is 19.5. The molecule has 0 aliphatic carbocycles. The highest BCUT2D eigenvalue weighted by Crippen LogP contribution is 2.26. The summed E-state index contributed by atoms with van der Waals surface area (Å²) in [5, 5.41) is 27.6. The summed E-state index contributed by atoms with van der Waals surface area (Å²) in [4.78, 5) is 4.36. The summed E-state index contributed by atoms with van der Waals surface area (Å²) < 4.78 is 35.0. The van der Waals surface area contributed by atoms with Gasteiger partial charge in [0, 0.05) is 17.8 Å². The van der Waals surface area contributed by atoms with Crippen molar-refractivity contribution in [1.82, 2.24) is 46.2 Å². The predicted molar refractivity (Wildman–Crippen MR) is 107 cm³/mol. The van der Waals surface area contributed by atoms with Crippen LogP contribution in [0.4, 0.5) is 8.78 Å². The molecule has 1 aliphatic rings. The van der Waals surface area contributed by atoms with Gasteiger partial charge in [-0.2, -0.15) is 10.3 Å². The molecule has 0 amide bonds. The second-order valence-corrected chi connectivity index (χ2v) is 6.81. The second-order valence-electron chi connectivity index (χ2n) is 6.81. The minimum Gasteiger partial charge on any atom is -0.364 e. The van der Waals surface area contributed by atoms with Crippen molar-refractivity contribution in [2.75, 3.05) is 0 Å². The molecule has 0 spiro atoms. The Bertz CT molecular complexity index is 1260. The number of hydrogen-bond donors (Lipinski definition) is 3. The van der Waals surface area contributed by atoms with Gasteiger partial charge in [-0.3, -0.25) is 4.68 Å². The number of nitrogens with one attached hydrogen (secondary N) is 3. The van der Waals surface area contributed by atoms with Gasteiger partial charge in [0.2, 0.25) is 0 Å². The minimum atomic E-state index is -0.685. The van der Waals surface area contributed by atoms with E-state index in [0.29, 0.717) is 28.5 Å². The summed E-state index contributed by atoms with van der Waals surface area (Å²) in [6.45, 7) is 0.299. The van der Waals surface area contributed by atoms with E-state index >= 15 is 0 Å². The topological polar surface area (TPSA) is 135 Å². The average Bonchev–Trinajstić information content (AvgIpc) is 3.57. The van der Waals surface area contributed by atoms with Gasteiger partial charge in [0.25, 0.3) is 0 Å². The molecule has 3 N–H and O–H groups in total. The highest BCUT2D eigenvalue weighted by atomic mass is 19.1. The highest BCUT2D eigenvalue weighted by molar-refractivity contribution is 5.96. The molecule has 11 nitrogen and oxygen atoms in total. The van der Waals surface area contributed by atoms with Gasteiger partial charge in [0.05, 0.1) is 18.8 Å². The van der Waals surface area contributed by atoms with Crippen LogP contribution in [0, 0.1) is 5.82 Å². The van der Waals surface area contributed by atoms with Gasteiger partial charge >= 0.3 is 0 Å². The second kappa shape index (κ2) is 8.37. The van der Waals surface area contributed by atoms with Crippen molar-refractivity contribution in [3.8, 4) is 11.4 Å². The number of benzene rings is 1. The molecule has 0 fully saturated rings. The quantitative estimate of drug-likeness (QED) is 0.415. The summed E-state index contributed by atoms with van der Waals surface area (Å²) in [5.41, 5.74) is 2.07. The van der Waals surface area contributed by atoms with E-state index < -0.39 is 12.0 Å². The Morgan fingerprint density at radius 2 is 2.09 bits per heavy atom. The van der Waals surface area contributed by atoms with Gasteiger partial charge in [0.1, 0.15) is 23.5 Å². The number of aromatic nitrogens is 7. The lowest BCUT2D eigenvalue weighted by molar-refractivity contribution is 0.421. The average molecular weight is 438 g/mol. The van der Waals surface area contributed by atoms with Crippen LogP contribution in [0.15, 0.2) is 64.2 Å². The van der Waals surface area contributed by atoms with Crippen LogP contribution in [0.3, 0.4) is 0 Å². The number of rotatable bonds is 6. The third-order valence-electron chi connectivity index (χ3n) is 4.71. The molecule has 4 heterocycles. The standard InChI is InChI=1S/C19H16F2N10O/c20-12-4-2-1-3-11(12)10-31-16(14-5-6-32-28-14)7-15(27-31)19-22-8-13(21)18(24-19)23-9-17-25-29-30-26-17/h1-8,19,22H,9-10H2,(H,23,24)(H,25,26,29,30). The van der Waals surface area contributed by atoms with E-state index in [-0.39, 0.29) is 24.7 Å². The van der Waals surface area contributed by atoms with Crippen LogP contribution in [-0.4, -0.2) is 41.4 Å². The minimum absolute atomic E-state index is 0.0187. The van der Waals surface area contributed by atoms with Crippen LogP contribution in [0.25, 0.3) is 11.4 Å². The number of aliphatic imine (C=N–C) groups is 1. The maximum atomic E-state index is 14.3. The first-order valence-electron chi connectivity index (χ1n) is 9.55. The maximum Gasteiger partial charge on any atom is 0.193 e. The fourth-order valence-corrected chi connectivity index (χ4v) is 3.18. The summed E-state index contributed by atoms with van der Waals surface area (Å²) >= 11 is 0. The predicted octanol–water partition coefficient (Wildman–Crippen LogP) is 1.84. The van der Waals surface area contributed by atoms with Crippen molar-refractivity contribution in [1.29, 1.82) is 0 Å². The fourth-order valence-electron chi connectivity index (χ4n) is 3.18. The summed E-state index contributed by atoms with van der Waals surface area (Å²) in [6, 6.07) is 9.86. The molecule has 0 saturated heterocycles. The molecule has 3 aromatic heterocycles. The van der Waals surface area contributed by atoms with Crippen molar-refractivity contribution in [3.05, 3.63) is 77.6 Å². The van der Waals surface area contributed by atoms with E-state index in [1.807, 2.05) is 0 Å². The van der Waals surface area contributed by atoms with Crippen LogP contribution in [0.2, 0.25) is 0 Å². The largest absolute Gasteiger partial charge is 0.364 e. The molecular formula is C19H16F2N10O. The molecule has 4 aromatic rings. The zero-order valence-electron chi connectivity index (χ0n) is 16.4. The highest BCUT2D eigenvalue weighted by Gasteiger charge is 2.23. The zero-order chi connectivity index (χ0) is 21.9. The molecule has 5 rings (SSSR count). The van der Waals surface area contributed by atoms with Gasteiger partial charge in [0.15, 0.2) is 23.7 Å². The smallest absolute Gasteiger partial charge is 0.193 e. The van der Waals surface area contributed by atoms with E-state index in [2.05, 4.69) is 46.5 Å². The molecule has 0 bridgehead atoms. The molecule has 162 valence electrons. The van der Waals surface area contributed by atoms with E-state index in [1.165, 1.54) is 18.5 Å². The van der Waals surface area contributed by atoms with E-state index in [0.717, 1.165) is 0 Å². The van der Waals surface area contributed by atoms with Crippen LogP contribution < -0.4 is 10.6 Å². The Morgan fingerprint density at radius 3 is 2.88 bits per heavy atom. The lowest BCUT2D eigenvalue weighted by atomic mass is 10.2. The number of aromatic amines is 1. The van der Waals surface area contributed by atoms with Crippen LogP contribution in [0.5, 0.6) is 0 Å². The normalized spacial score (nSPS) is 15.8. The molecule has 1 aliphatic heterocycles. The summed E-state index contributed by atoms with van der Waals surface area (Å²) in [7, 11) is 0. The van der Waals surface area contributed by atoms with Gasteiger partial charge in [-0.15, -0.1) is 10.2 Å². The van der Waals surface area contributed by atoms with Crippen molar-refractivity contribution in [3.63, 3.8) is 0 Å². The molecule has 1 atom stereocenters. The number of tetrazole rings is 1. The Balaban J connectivity index is 1.44. The number of halogens is 2. The summed E-state index contributed by atoms with van der Waals surface area (Å²) in [5.74, 6) is -0.544. The van der Waals surface area contributed by atoms with Crippen molar-refractivity contribution in [2.24, 2.45) is 4.99 Å². The van der Waals surface area contributed by atoms with Crippen molar-refractivity contribution < 1.29 is 13.3 Å². The van der Waals surface area contributed by atoms with E-state index in [1.54, 1.807) is 35.0 Å². The lowest BCUT2D eigenvalue weighted by Crippen LogP contribution is -2.31. The Kier molecular flexibility index (Phi) is 5.11. The Hall–Kier alpha value is -4.42. The van der Waals surface area contributed by atoms with Gasteiger partial charge in [-0.1, -0.05) is 28.6 Å². The summed E-state index contributed by atoms with van der Waals surface area (Å²) in [6.07, 6.45) is 1.95. The van der Waals surface area contributed by atoms with E-state index in [4.69, 9.17) is 4.52 Å². The Labute approximate surface area is 179 Å². The van der Waals surface area contributed by atoms with Gasteiger partial charge < -0.3 is 15.2 Å². The number of hydrogen-bond acceptors (Lipinski definition) is 9. The number of H-pyrrole nitrogens is 1. The van der Waals surface area contributed by atoms with Crippen molar-refractivity contribution in [2.45, 2.75) is 19.3 Å². The third-order valence-corrected chi connectivity index (χ3v) is 4.71. The molecule has 0 saturated carbocycles. The molecule has 32 heavy (non-hydrogen) atoms. The number of amidine groups is 1. The molecule has 1 aromatic carbocycles. The van der Waals surface area contributed by atoms with Crippen LogP contribution >= 0.6 is 0 Å². The van der Waals surface area contributed by atoms with Gasteiger partial charge in [-0.05, 0) is 12.1 Å². The first-order valence-corrected chi connectivity index (χ1v) is 9.55. The van der Waals surface area contributed by atoms with Gasteiger partial charge in [-0.25, -0.2) is 13.8 Å². The lowest BCUT2D eigenvalue weighted by Gasteiger charge is -2.18.